The second kappa shape index (κ2) is 6.24. The summed E-state index contributed by atoms with van der Waals surface area (Å²) in [5, 5.41) is 3.28. The number of anilines is 1. The van der Waals surface area contributed by atoms with E-state index in [-0.39, 0.29) is 0 Å². The molecule has 0 aliphatic rings. The third-order valence-electron chi connectivity index (χ3n) is 2.08. The first-order chi connectivity index (χ1) is 7.26. The molecule has 0 fully saturated rings. The summed E-state index contributed by atoms with van der Waals surface area (Å²) in [6.07, 6.45) is 0.954. The minimum absolute atomic E-state index is 0.338. The van der Waals surface area contributed by atoms with E-state index in [0.717, 1.165) is 18.8 Å². The van der Waals surface area contributed by atoms with Crippen molar-refractivity contribution >= 4 is 5.82 Å². The molecule has 0 bridgehead atoms. The smallest absolute Gasteiger partial charge is 0.214 e. The molecule has 1 aromatic rings. The number of pyridine rings is 1. The molecule has 0 aromatic carbocycles. The number of ether oxygens (including phenoxy) is 2. The van der Waals surface area contributed by atoms with Crippen molar-refractivity contribution in [1.29, 1.82) is 0 Å². The molecule has 84 valence electrons. The van der Waals surface area contributed by atoms with Crippen molar-refractivity contribution < 1.29 is 9.47 Å². The lowest BCUT2D eigenvalue weighted by Gasteiger charge is -2.14. The summed E-state index contributed by atoms with van der Waals surface area (Å²) in [6, 6.07) is 6.00. The standard InChI is InChI=1S/C11H18N2O2/c1-9(7-8-14-2)12-10-5-4-6-11(13-10)15-3/h4-6,9H,7-8H2,1-3H3,(H,12,13). The third kappa shape index (κ3) is 4.16. The van der Waals surface area contributed by atoms with Gasteiger partial charge in [0.05, 0.1) is 7.11 Å². The lowest BCUT2D eigenvalue weighted by Crippen LogP contribution is -2.17. The van der Waals surface area contributed by atoms with Gasteiger partial charge in [-0.1, -0.05) is 6.07 Å². The molecular formula is C11H18N2O2. The minimum atomic E-state index is 0.338. The van der Waals surface area contributed by atoms with Gasteiger partial charge in [0.1, 0.15) is 5.82 Å². The fourth-order valence-corrected chi connectivity index (χ4v) is 1.23. The van der Waals surface area contributed by atoms with Gasteiger partial charge in [-0.15, -0.1) is 0 Å². The molecule has 0 spiro atoms. The van der Waals surface area contributed by atoms with Gasteiger partial charge in [-0.25, -0.2) is 0 Å². The van der Waals surface area contributed by atoms with Crippen LogP contribution in [0.3, 0.4) is 0 Å². The van der Waals surface area contributed by atoms with Gasteiger partial charge in [0.25, 0.3) is 0 Å². The highest BCUT2D eigenvalue weighted by Crippen LogP contribution is 2.12. The Morgan fingerprint density at radius 1 is 1.40 bits per heavy atom. The lowest BCUT2D eigenvalue weighted by atomic mass is 10.2. The second-order valence-electron chi connectivity index (χ2n) is 3.39. The Kier molecular flexibility index (Phi) is 4.90. The van der Waals surface area contributed by atoms with E-state index in [0.29, 0.717) is 11.9 Å². The van der Waals surface area contributed by atoms with Crippen molar-refractivity contribution in [2.45, 2.75) is 19.4 Å². The van der Waals surface area contributed by atoms with Gasteiger partial charge in [0.15, 0.2) is 0 Å². The summed E-state index contributed by atoms with van der Waals surface area (Å²) in [6.45, 7) is 2.85. The van der Waals surface area contributed by atoms with E-state index in [2.05, 4.69) is 17.2 Å². The quantitative estimate of drug-likeness (QED) is 0.779. The first kappa shape index (κ1) is 11.8. The Bertz CT molecular complexity index is 292. The molecule has 1 heterocycles. The zero-order chi connectivity index (χ0) is 11.1. The van der Waals surface area contributed by atoms with Crippen LogP contribution in [0.5, 0.6) is 5.88 Å². The Morgan fingerprint density at radius 2 is 2.20 bits per heavy atom. The van der Waals surface area contributed by atoms with Crippen molar-refractivity contribution in [3.05, 3.63) is 18.2 Å². The van der Waals surface area contributed by atoms with Crippen LogP contribution in [0.4, 0.5) is 5.82 Å². The summed E-state index contributed by atoms with van der Waals surface area (Å²) in [7, 11) is 3.32. The number of nitrogens with one attached hydrogen (secondary N) is 1. The average molecular weight is 210 g/mol. The third-order valence-corrected chi connectivity index (χ3v) is 2.08. The molecule has 1 unspecified atom stereocenters. The molecule has 0 amide bonds. The van der Waals surface area contributed by atoms with Crippen molar-refractivity contribution in [3.8, 4) is 5.88 Å². The molecule has 4 nitrogen and oxygen atoms in total. The van der Waals surface area contributed by atoms with Gasteiger partial charge >= 0.3 is 0 Å². The highest BCUT2D eigenvalue weighted by Gasteiger charge is 2.03. The number of nitrogens with zero attached hydrogens (tertiary/aromatic N) is 1. The van der Waals surface area contributed by atoms with Crippen molar-refractivity contribution in [1.82, 2.24) is 4.98 Å². The van der Waals surface area contributed by atoms with Crippen LogP contribution >= 0.6 is 0 Å². The van der Waals surface area contributed by atoms with Crippen LogP contribution in [-0.2, 0) is 4.74 Å². The van der Waals surface area contributed by atoms with E-state index < -0.39 is 0 Å². The number of aromatic nitrogens is 1. The first-order valence-electron chi connectivity index (χ1n) is 5.02. The Morgan fingerprint density at radius 3 is 2.87 bits per heavy atom. The zero-order valence-electron chi connectivity index (χ0n) is 9.49. The van der Waals surface area contributed by atoms with Crippen LogP contribution in [0.15, 0.2) is 18.2 Å². The molecule has 4 heteroatoms. The largest absolute Gasteiger partial charge is 0.481 e. The maximum absolute atomic E-state index is 5.04. The molecular weight excluding hydrogens is 192 g/mol. The normalized spacial score (nSPS) is 12.2. The molecule has 1 atom stereocenters. The predicted molar refractivity (Wildman–Crippen MR) is 60.4 cm³/mol. The van der Waals surface area contributed by atoms with E-state index in [4.69, 9.17) is 9.47 Å². The molecule has 0 radical (unpaired) electrons. The van der Waals surface area contributed by atoms with Crippen LogP contribution in [0, 0.1) is 0 Å². The topological polar surface area (TPSA) is 43.4 Å². The number of methoxy groups -OCH3 is 2. The van der Waals surface area contributed by atoms with E-state index in [9.17, 15) is 0 Å². The highest BCUT2D eigenvalue weighted by molar-refractivity contribution is 5.37. The summed E-state index contributed by atoms with van der Waals surface area (Å²) in [4.78, 5) is 4.27. The molecule has 0 aliphatic heterocycles. The number of hydrogen-bond acceptors (Lipinski definition) is 4. The van der Waals surface area contributed by atoms with E-state index in [1.807, 2.05) is 18.2 Å². The SMILES string of the molecule is COCCC(C)Nc1cccc(OC)n1. The average Bonchev–Trinajstić information content (AvgIpc) is 2.26. The van der Waals surface area contributed by atoms with E-state index in [1.165, 1.54) is 0 Å². The fourth-order valence-electron chi connectivity index (χ4n) is 1.23. The van der Waals surface area contributed by atoms with Crippen molar-refractivity contribution in [3.63, 3.8) is 0 Å². The van der Waals surface area contributed by atoms with Crippen molar-refractivity contribution in [2.75, 3.05) is 26.1 Å². The second-order valence-corrected chi connectivity index (χ2v) is 3.39. The van der Waals surface area contributed by atoms with E-state index >= 15 is 0 Å². The summed E-state index contributed by atoms with van der Waals surface area (Å²) < 4.78 is 10.1. The summed E-state index contributed by atoms with van der Waals surface area (Å²) in [5.41, 5.74) is 0. The van der Waals surface area contributed by atoms with Gasteiger partial charge in [-0.2, -0.15) is 4.98 Å². The fraction of sp³-hybridized carbons (Fsp3) is 0.545. The number of hydrogen-bond donors (Lipinski definition) is 1. The maximum Gasteiger partial charge on any atom is 0.214 e. The van der Waals surface area contributed by atoms with Gasteiger partial charge in [0.2, 0.25) is 5.88 Å². The van der Waals surface area contributed by atoms with Crippen LogP contribution in [0.25, 0.3) is 0 Å². The Hall–Kier alpha value is -1.29. The van der Waals surface area contributed by atoms with Crippen LogP contribution in [-0.4, -0.2) is 31.9 Å². The minimum Gasteiger partial charge on any atom is -0.481 e. The van der Waals surface area contributed by atoms with Crippen LogP contribution in [0.1, 0.15) is 13.3 Å². The summed E-state index contributed by atoms with van der Waals surface area (Å²) >= 11 is 0. The zero-order valence-corrected chi connectivity index (χ0v) is 9.49. The van der Waals surface area contributed by atoms with Crippen LogP contribution in [0.2, 0.25) is 0 Å². The number of rotatable bonds is 6. The molecule has 0 aliphatic carbocycles. The molecule has 0 saturated carbocycles. The van der Waals surface area contributed by atoms with E-state index in [1.54, 1.807) is 14.2 Å². The van der Waals surface area contributed by atoms with Gasteiger partial charge in [-0.05, 0) is 19.4 Å². The molecule has 0 saturated heterocycles. The van der Waals surface area contributed by atoms with Gasteiger partial charge < -0.3 is 14.8 Å². The van der Waals surface area contributed by atoms with Gasteiger partial charge in [-0.3, -0.25) is 0 Å². The monoisotopic (exact) mass is 210 g/mol. The van der Waals surface area contributed by atoms with Crippen LogP contribution < -0.4 is 10.1 Å². The maximum atomic E-state index is 5.04. The molecule has 15 heavy (non-hydrogen) atoms. The lowest BCUT2D eigenvalue weighted by molar-refractivity contribution is 0.191. The molecule has 1 N–H and O–H groups in total. The predicted octanol–water partition coefficient (Wildman–Crippen LogP) is 1.93. The molecule has 1 aromatic heterocycles. The van der Waals surface area contributed by atoms with Crippen molar-refractivity contribution in [2.24, 2.45) is 0 Å². The Balaban J connectivity index is 2.48. The Labute approximate surface area is 90.6 Å². The highest BCUT2D eigenvalue weighted by atomic mass is 16.5. The summed E-state index contributed by atoms with van der Waals surface area (Å²) in [5.74, 6) is 1.46. The first-order valence-corrected chi connectivity index (χ1v) is 5.02. The van der Waals surface area contributed by atoms with Gasteiger partial charge in [0, 0.05) is 25.8 Å². The molecule has 1 rings (SSSR count).